The van der Waals surface area contributed by atoms with Crippen molar-refractivity contribution in [1.82, 2.24) is 0 Å². The summed E-state index contributed by atoms with van der Waals surface area (Å²) in [6.07, 6.45) is 1.11. The van der Waals surface area contributed by atoms with E-state index in [1.807, 2.05) is 48.5 Å². The molecular weight excluding hydrogens is 332 g/mol. The van der Waals surface area contributed by atoms with Crippen LogP contribution in [0.4, 0.5) is 0 Å². The van der Waals surface area contributed by atoms with Gasteiger partial charge in [-0.3, -0.25) is 4.79 Å². The molecule has 0 saturated heterocycles. The molecule has 5 heteroatoms. The van der Waals surface area contributed by atoms with E-state index in [-0.39, 0.29) is 12.4 Å². The largest absolute Gasteiger partial charge is 0.494 e. The fourth-order valence-electron chi connectivity index (χ4n) is 1.95. The lowest BCUT2D eigenvalue weighted by Crippen LogP contribution is -2.05. The third kappa shape index (κ3) is 5.81. The van der Waals surface area contributed by atoms with E-state index in [1.165, 1.54) is 7.11 Å². The number of methoxy groups -OCH3 is 1. The van der Waals surface area contributed by atoms with E-state index in [4.69, 9.17) is 21.1 Å². The first kappa shape index (κ1) is 17.7. The Morgan fingerprint density at radius 2 is 1.87 bits per heavy atom. The number of alkyl halides is 1. The van der Waals surface area contributed by atoms with E-state index in [2.05, 4.69) is 0 Å². The van der Waals surface area contributed by atoms with Crippen LogP contribution in [0.2, 0.25) is 0 Å². The summed E-state index contributed by atoms with van der Waals surface area (Å²) < 4.78 is 10.3. The predicted octanol–water partition coefficient (Wildman–Crippen LogP) is 4.56. The fourth-order valence-corrected chi connectivity index (χ4v) is 3.01. The van der Waals surface area contributed by atoms with Gasteiger partial charge in [0.15, 0.2) is 0 Å². The number of carbonyl (C=O) groups excluding carboxylic acids is 1. The van der Waals surface area contributed by atoms with Gasteiger partial charge in [-0.1, -0.05) is 30.0 Å². The average Bonchev–Trinajstić information content (AvgIpc) is 2.58. The molecule has 0 radical (unpaired) electrons. The Balaban J connectivity index is 2.03. The average molecular weight is 351 g/mol. The summed E-state index contributed by atoms with van der Waals surface area (Å²) in [5, 5.41) is 0. The van der Waals surface area contributed by atoms with E-state index in [9.17, 15) is 4.79 Å². The molecule has 0 spiro atoms. The molecule has 0 aliphatic carbocycles. The molecule has 0 amide bonds. The van der Waals surface area contributed by atoms with E-state index < -0.39 is 0 Å². The monoisotopic (exact) mass is 350 g/mol. The maximum atomic E-state index is 11.5. The molecule has 0 fully saturated rings. The van der Waals surface area contributed by atoms with Crippen LogP contribution in [-0.4, -0.2) is 25.6 Å². The molecule has 0 aromatic heterocycles. The van der Waals surface area contributed by atoms with Gasteiger partial charge in [-0.25, -0.2) is 0 Å². The molecule has 0 unspecified atom stereocenters. The quantitative estimate of drug-likeness (QED) is 0.397. The first-order valence-corrected chi connectivity index (χ1v) is 8.69. The Hall–Kier alpha value is -1.65. The SMILES string of the molecule is COC(=O)Cc1ccccc1Sc1ccc(OCCCCl)cc1. The number of halogens is 1. The highest BCUT2D eigenvalue weighted by molar-refractivity contribution is 7.99. The van der Waals surface area contributed by atoms with Crippen LogP contribution in [-0.2, 0) is 16.0 Å². The van der Waals surface area contributed by atoms with Gasteiger partial charge in [-0.05, 0) is 42.3 Å². The normalized spacial score (nSPS) is 10.3. The zero-order valence-corrected chi connectivity index (χ0v) is 14.5. The number of carbonyl (C=O) groups is 1. The van der Waals surface area contributed by atoms with Crippen LogP contribution in [0.25, 0.3) is 0 Å². The molecule has 0 heterocycles. The van der Waals surface area contributed by atoms with E-state index in [0.29, 0.717) is 12.5 Å². The lowest BCUT2D eigenvalue weighted by molar-refractivity contribution is -0.139. The molecule has 3 nitrogen and oxygen atoms in total. The van der Waals surface area contributed by atoms with Crippen LogP contribution in [0.5, 0.6) is 5.75 Å². The summed E-state index contributed by atoms with van der Waals surface area (Å²) in [6, 6.07) is 15.8. The number of hydrogen-bond acceptors (Lipinski definition) is 4. The van der Waals surface area contributed by atoms with Gasteiger partial charge in [0.1, 0.15) is 5.75 Å². The highest BCUT2D eigenvalue weighted by atomic mass is 35.5. The maximum absolute atomic E-state index is 11.5. The molecule has 0 saturated carbocycles. The summed E-state index contributed by atoms with van der Waals surface area (Å²) in [6.45, 7) is 0.623. The highest BCUT2D eigenvalue weighted by Gasteiger charge is 2.09. The zero-order valence-electron chi connectivity index (χ0n) is 13.0. The summed E-state index contributed by atoms with van der Waals surface area (Å²) in [4.78, 5) is 13.6. The third-order valence-corrected chi connectivity index (χ3v) is 4.53. The van der Waals surface area contributed by atoms with Crippen molar-refractivity contribution in [2.75, 3.05) is 19.6 Å². The number of ether oxygens (including phenoxy) is 2. The molecule has 2 aromatic rings. The molecule has 2 aromatic carbocycles. The van der Waals surface area contributed by atoms with Crippen molar-refractivity contribution in [3.8, 4) is 5.75 Å². The molecule has 0 N–H and O–H groups in total. The third-order valence-electron chi connectivity index (χ3n) is 3.13. The number of hydrogen-bond donors (Lipinski definition) is 0. The smallest absolute Gasteiger partial charge is 0.310 e. The predicted molar refractivity (Wildman–Crippen MR) is 93.6 cm³/mol. The zero-order chi connectivity index (χ0) is 16.5. The highest BCUT2D eigenvalue weighted by Crippen LogP contribution is 2.31. The standard InChI is InChI=1S/C18H19ClO3S/c1-21-18(20)13-14-5-2-3-6-17(14)23-16-9-7-15(8-10-16)22-12-4-11-19/h2-3,5-10H,4,11-13H2,1H3. The van der Waals surface area contributed by atoms with Crippen molar-refractivity contribution in [3.05, 3.63) is 54.1 Å². The summed E-state index contributed by atoms with van der Waals surface area (Å²) in [7, 11) is 1.40. The summed E-state index contributed by atoms with van der Waals surface area (Å²) in [5.41, 5.74) is 0.965. The lowest BCUT2D eigenvalue weighted by Gasteiger charge is -2.09. The first-order chi connectivity index (χ1) is 11.2. The van der Waals surface area contributed by atoms with Gasteiger partial charge in [0.25, 0.3) is 0 Å². The van der Waals surface area contributed by atoms with Gasteiger partial charge in [0.2, 0.25) is 0 Å². The van der Waals surface area contributed by atoms with Gasteiger partial charge >= 0.3 is 5.97 Å². The molecule has 0 atom stereocenters. The second kappa shape index (κ2) is 9.48. The van der Waals surface area contributed by atoms with Crippen molar-refractivity contribution in [3.63, 3.8) is 0 Å². The molecule has 0 aliphatic rings. The Morgan fingerprint density at radius 1 is 1.13 bits per heavy atom. The lowest BCUT2D eigenvalue weighted by atomic mass is 10.1. The molecule has 122 valence electrons. The van der Waals surface area contributed by atoms with Gasteiger partial charge in [0, 0.05) is 15.7 Å². The molecular formula is C18H19ClO3S. The first-order valence-electron chi connectivity index (χ1n) is 7.34. The Labute approximate surface area is 145 Å². The van der Waals surface area contributed by atoms with E-state index in [0.717, 1.165) is 27.5 Å². The minimum atomic E-state index is -0.235. The van der Waals surface area contributed by atoms with Crippen molar-refractivity contribution in [2.24, 2.45) is 0 Å². The fraction of sp³-hybridized carbons (Fsp3) is 0.278. The minimum absolute atomic E-state index is 0.235. The minimum Gasteiger partial charge on any atom is -0.494 e. The van der Waals surface area contributed by atoms with Crippen LogP contribution in [0.15, 0.2) is 58.3 Å². The van der Waals surface area contributed by atoms with E-state index >= 15 is 0 Å². The Morgan fingerprint density at radius 3 is 2.57 bits per heavy atom. The van der Waals surface area contributed by atoms with Crippen LogP contribution in [0.3, 0.4) is 0 Å². The number of rotatable bonds is 8. The molecule has 0 aliphatic heterocycles. The van der Waals surface area contributed by atoms with Gasteiger partial charge < -0.3 is 9.47 Å². The van der Waals surface area contributed by atoms with Crippen LogP contribution in [0, 0.1) is 0 Å². The van der Waals surface area contributed by atoms with Crippen molar-refractivity contribution in [2.45, 2.75) is 22.6 Å². The van der Waals surface area contributed by atoms with Crippen molar-refractivity contribution >= 4 is 29.3 Å². The van der Waals surface area contributed by atoms with Gasteiger partial charge in [0.05, 0.1) is 20.1 Å². The number of benzene rings is 2. The van der Waals surface area contributed by atoms with Crippen molar-refractivity contribution < 1.29 is 14.3 Å². The summed E-state index contributed by atoms with van der Waals surface area (Å²) in [5.74, 6) is 1.20. The second-order valence-electron chi connectivity index (χ2n) is 4.83. The van der Waals surface area contributed by atoms with Crippen LogP contribution in [0.1, 0.15) is 12.0 Å². The molecule has 2 rings (SSSR count). The van der Waals surface area contributed by atoms with Crippen LogP contribution >= 0.6 is 23.4 Å². The Kier molecular flexibility index (Phi) is 7.30. The topological polar surface area (TPSA) is 35.5 Å². The van der Waals surface area contributed by atoms with E-state index in [1.54, 1.807) is 11.8 Å². The number of esters is 1. The second-order valence-corrected chi connectivity index (χ2v) is 6.32. The van der Waals surface area contributed by atoms with Gasteiger partial charge in [-0.15, -0.1) is 11.6 Å². The maximum Gasteiger partial charge on any atom is 0.310 e. The Bertz CT molecular complexity index is 628. The summed E-state index contributed by atoms with van der Waals surface area (Å²) >= 11 is 7.25. The molecule has 0 bridgehead atoms. The van der Waals surface area contributed by atoms with Crippen molar-refractivity contribution in [1.29, 1.82) is 0 Å². The van der Waals surface area contributed by atoms with Gasteiger partial charge in [-0.2, -0.15) is 0 Å². The molecule has 23 heavy (non-hydrogen) atoms. The van der Waals surface area contributed by atoms with Crippen LogP contribution < -0.4 is 4.74 Å².